The Morgan fingerprint density at radius 3 is 2.84 bits per heavy atom. The van der Waals surface area contributed by atoms with Gasteiger partial charge in [-0.2, -0.15) is 0 Å². The average molecular weight is 295 g/mol. The Labute approximate surface area is 124 Å². The molecule has 0 N–H and O–H groups in total. The molecule has 0 atom stereocenters. The fraction of sp³-hybridized carbons (Fsp3) is 0.533. The number of hydrogen-bond donors (Lipinski definition) is 0. The molecule has 0 saturated heterocycles. The van der Waals surface area contributed by atoms with E-state index in [-0.39, 0.29) is 10.7 Å². The first kappa shape index (κ1) is 14.8. The quantitative estimate of drug-likeness (QED) is 0.821. The summed E-state index contributed by atoms with van der Waals surface area (Å²) < 4.78 is 0.135. The molecule has 4 heteroatoms. The number of anilines is 1. The number of para-hydroxylation sites is 1. The standard InChI is InChI=1S/C15H21NOS2/c1-15(2,3)19-11-14(17)16-9-6-10-18-13-8-5-4-7-12(13)16/h4-5,7-8H,6,9-11H2,1-3H3. The molecule has 1 aromatic rings. The van der Waals surface area contributed by atoms with Gasteiger partial charge >= 0.3 is 0 Å². The second-order valence-electron chi connectivity index (χ2n) is 5.62. The molecule has 104 valence electrons. The summed E-state index contributed by atoms with van der Waals surface area (Å²) in [4.78, 5) is 15.7. The highest BCUT2D eigenvalue weighted by molar-refractivity contribution is 8.01. The van der Waals surface area contributed by atoms with Gasteiger partial charge in [-0.15, -0.1) is 23.5 Å². The topological polar surface area (TPSA) is 20.3 Å². The molecule has 0 radical (unpaired) electrons. The predicted molar refractivity (Wildman–Crippen MR) is 86.3 cm³/mol. The summed E-state index contributed by atoms with van der Waals surface area (Å²) in [6.45, 7) is 7.29. The Morgan fingerprint density at radius 2 is 2.11 bits per heavy atom. The molecule has 19 heavy (non-hydrogen) atoms. The van der Waals surface area contributed by atoms with Crippen LogP contribution in [0.3, 0.4) is 0 Å². The molecule has 0 unspecified atom stereocenters. The first-order valence-corrected chi connectivity index (χ1v) is 8.61. The van der Waals surface area contributed by atoms with Crippen molar-refractivity contribution in [1.29, 1.82) is 0 Å². The molecule has 1 aliphatic rings. The molecular weight excluding hydrogens is 274 g/mol. The molecule has 1 aromatic carbocycles. The van der Waals surface area contributed by atoms with Crippen LogP contribution >= 0.6 is 23.5 Å². The molecule has 0 spiro atoms. The number of hydrogen-bond acceptors (Lipinski definition) is 3. The van der Waals surface area contributed by atoms with Crippen LogP contribution in [0.15, 0.2) is 29.2 Å². The number of carbonyl (C=O) groups excluding carboxylic acids is 1. The highest BCUT2D eigenvalue weighted by Gasteiger charge is 2.22. The van der Waals surface area contributed by atoms with Gasteiger partial charge in [0, 0.05) is 16.2 Å². The van der Waals surface area contributed by atoms with Crippen molar-refractivity contribution in [3.8, 4) is 0 Å². The van der Waals surface area contributed by atoms with Gasteiger partial charge in [0.25, 0.3) is 0 Å². The molecule has 1 aliphatic heterocycles. The van der Waals surface area contributed by atoms with E-state index < -0.39 is 0 Å². The summed E-state index contributed by atoms with van der Waals surface area (Å²) in [6, 6.07) is 8.24. The Bertz CT molecular complexity index is 454. The Balaban J connectivity index is 2.13. The van der Waals surface area contributed by atoms with Crippen LogP contribution in [0.5, 0.6) is 0 Å². The molecule has 1 amide bonds. The molecular formula is C15H21NOS2. The average Bonchev–Trinajstić information content (AvgIpc) is 2.57. The predicted octanol–water partition coefficient (Wildman–Crippen LogP) is 4.05. The van der Waals surface area contributed by atoms with Gasteiger partial charge in [-0.3, -0.25) is 4.79 Å². The third-order valence-corrected chi connectivity index (χ3v) is 5.28. The third kappa shape index (κ3) is 4.18. The van der Waals surface area contributed by atoms with Crippen molar-refractivity contribution in [3.05, 3.63) is 24.3 Å². The number of amides is 1. The molecule has 0 bridgehead atoms. The minimum absolute atomic E-state index is 0.135. The lowest BCUT2D eigenvalue weighted by Crippen LogP contribution is -2.34. The summed E-state index contributed by atoms with van der Waals surface area (Å²) in [7, 11) is 0. The molecule has 1 heterocycles. The molecule has 2 rings (SSSR count). The maximum Gasteiger partial charge on any atom is 0.237 e. The summed E-state index contributed by atoms with van der Waals surface area (Å²) in [6.07, 6.45) is 1.06. The van der Waals surface area contributed by atoms with Gasteiger partial charge in [-0.1, -0.05) is 32.9 Å². The van der Waals surface area contributed by atoms with Crippen LogP contribution in [0, 0.1) is 0 Å². The van der Waals surface area contributed by atoms with E-state index in [2.05, 4.69) is 32.9 Å². The zero-order valence-corrected chi connectivity index (χ0v) is 13.4. The number of nitrogens with zero attached hydrogens (tertiary/aromatic N) is 1. The largest absolute Gasteiger partial charge is 0.311 e. The maximum atomic E-state index is 12.5. The lowest BCUT2D eigenvalue weighted by molar-refractivity contribution is -0.116. The second kappa shape index (κ2) is 6.23. The molecule has 0 aliphatic carbocycles. The Morgan fingerprint density at radius 1 is 1.37 bits per heavy atom. The van der Waals surface area contributed by atoms with E-state index in [1.165, 1.54) is 4.90 Å². The van der Waals surface area contributed by atoms with E-state index in [1.807, 2.05) is 28.8 Å². The van der Waals surface area contributed by atoms with Gasteiger partial charge in [0.15, 0.2) is 0 Å². The van der Waals surface area contributed by atoms with Crippen LogP contribution in [0.25, 0.3) is 0 Å². The summed E-state index contributed by atoms with van der Waals surface area (Å²) in [5, 5.41) is 0. The number of fused-ring (bicyclic) bond motifs is 1. The smallest absolute Gasteiger partial charge is 0.237 e. The van der Waals surface area contributed by atoms with Crippen LogP contribution in [-0.2, 0) is 4.79 Å². The van der Waals surface area contributed by atoms with Crippen molar-refractivity contribution in [3.63, 3.8) is 0 Å². The van der Waals surface area contributed by atoms with Gasteiger partial charge in [0.2, 0.25) is 5.91 Å². The van der Waals surface area contributed by atoms with Gasteiger partial charge < -0.3 is 4.90 Å². The lowest BCUT2D eigenvalue weighted by atomic mass is 10.2. The Kier molecular flexibility index (Phi) is 4.85. The highest BCUT2D eigenvalue weighted by Crippen LogP contribution is 2.34. The monoisotopic (exact) mass is 295 g/mol. The first-order valence-electron chi connectivity index (χ1n) is 6.63. The molecule has 0 saturated carbocycles. The summed E-state index contributed by atoms with van der Waals surface area (Å²) in [5.74, 6) is 1.88. The lowest BCUT2D eigenvalue weighted by Gasteiger charge is -2.24. The van der Waals surface area contributed by atoms with Gasteiger partial charge in [0.1, 0.15) is 0 Å². The number of thioether (sulfide) groups is 2. The van der Waals surface area contributed by atoms with Crippen molar-refractivity contribution in [2.45, 2.75) is 36.8 Å². The van der Waals surface area contributed by atoms with Crippen molar-refractivity contribution in [1.82, 2.24) is 0 Å². The van der Waals surface area contributed by atoms with Crippen LogP contribution in [0.1, 0.15) is 27.2 Å². The highest BCUT2D eigenvalue weighted by atomic mass is 32.2. The number of carbonyl (C=O) groups is 1. The van der Waals surface area contributed by atoms with E-state index in [0.717, 1.165) is 24.4 Å². The van der Waals surface area contributed by atoms with Gasteiger partial charge in [0.05, 0.1) is 11.4 Å². The third-order valence-electron chi connectivity index (χ3n) is 2.87. The minimum Gasteiger partial charge on any atom is -0.311 e. The Hall–Kier alpha value is -0.610. The zero-order valence-electron chi connectivity index (χ0n) is 11.8. The van der Waals surface area contributed by atoms with E-state index in [9.17, 15) is 4.79 Å². The summed E-state index contributed by atoms with van der Waals surface area (Å²) in [5.41, 5.74) is 1.09. The second-order valence-corrected chi connectivity index (χ2v) is 8.56. The zero-order chi connectivity index (χ0) is 13.9. The van der Waals surface area contributed by atoms with Crippen molar-refractivity contribution >= 4 is 35.1 Å². The molecule has 0 fully saturated rings. The van der Waals surface area contributed by atoms with E-state index in [0.29, 0.717) is 5.75 Å². The van der Waals surface area contributed by atoms with Crippen molar-refractivity contribution < 1.29 is 4.79 Å². The van der Waals surface area contributed by atoms with Crippen LogP contribution in [0.4, 0.5) is 5.69 Å². The van der Waals surface area contributed by atoms with Crippen LogP contribution in [-0.4, -0.2) is 28.7 Å². The SMILES string of the molecule is CC(C)(C)SCC(=O)N1CCCSc2ccccc21. The normalized spacial score (nSPS) is 15.8. The van der Waals surface area contributed by atoms with Crippen molar-refractivity contribution in [2.75, 3.05) is 23.0 Å². The van der Waals surface area contributed by atoms with Crippen LogP contribution in [0.2, 0.25) is 0 Å². The molecule has 2 nitrogen and oxygen atoms in total. The van der Waals surface area contributed by atoms with E-state index in [1.54, 1.807) is 11.8 Å². The summed E-state index contributed by atoms with van der Waals surface area (Å²) >= 11 is 3.57. The fourth-order valence-corrected chi connectivity index (χ4v) is 3.65. The number of benzene rings is 1. The van der Waals surface area contributed by atoms with E-state index >= 15 is 0 Å². The van der Waals surface area contributed by atoms with Crippen LogP contribution < -0.4 is 4.90 Å². The molecule has 0 aromatic heterocycles. The minimum atomic E-state index is 0.135. The fourth-order valence-electron chi connectivity index (χ4n) is 1.94. The van der Waals surface area contributed by atoms with Crippen molar-refractivity contribution in [2.24, 2.45) is 0 Å². The van der Waals surface area contributed by atoms with Gasteiger partial charge in [-0.25, -0.2) is 0 Å². The first-order chi connectivity index (χ1) is 8.97. The van der Waals surface area contributed by atoms with E-state index in [4.69, 9.17) is 0 Å². The number of rotatable bonds is 2. The van der Waals surface area contributed by atoms with Gasteiger partial charge in [-0.05, 0) is 24.3 Å². The maximum absolute atomic E-state index is 12.5.